The second kappa shape index (κ2) is 8.82. The maximum atomic E-state index is 12.6. The topological polar surface area (TPSA) is 61.8 Å². The van der Waals surface area contributed by atoms with Gasteiger partial charge < -0.3 is 4.90 Å². The Kier molecular flexibility index (Phi) is 6.24. The lowest BCUT2D eigenvalue weighted by atomic mass is 9.95. The lowest BCUT2D eigenvalue weighted by molar-refractivity contribution is -0.126. The van der Waals surface area contributed by atoms with Gasteiger partial charge in [0.15, 0.2) is 0 Å². The maximum absolute atomic E-state index is 12.6. The summed E-state index contributed by atoms with van der Waals surface area (Å²) in [5.74, 6) is -0.237. The summed E-state index contributed by atoms with van der Waals surface area (Å²) in [6.07, 6.45) is 2.80. The number of likely N-dealkylation sites (tertiary alicyclic amines) is 1. The fraction of sp³-hybridized carbons (Fsp3) is 0.286. The van der Waals surface area contributed by atoms with Crippen LogP contribution in [0.3, 0.4) is 0 Å². The number of carbonyl (C=O) groups excluding carboxylic acids is 2. The summed E-state index contributed by atoms with van der Waals surface area (Å²) in [6, 6.07) is 14.9. The molecule has 2 amide bonds. The predicted octanol–water partition coefficient (Wildman–Crippen LogP) is 3.65. The van der Waals surface area contributed by atoms with E-state index in [0.29, 0.717) is 31.0 Å². The van der Waals surface area contributed by atoms with Crippen LogP contribution >= 0.6 is 11.6 Å². The molecule has 1 aliphatic heterocycles. The van der Waals surface area contributed by atoms with E-state index < -0.39 is 0 Å². The van der Waals surface area contributed by atoms with Crippen LogP contribution < -0.4 is 5.43 Å². The Bertz CT molecular complexity index is 858. The van der Waals surface area contributed by atoms with E-state index in [9.17, 15) is 9.59 Å². The van der Waals surface area contributed by atoms with Crippen molar-refractivity contribution in [3.05, 3.63) is 70.2 Å². The van der Waals surface area contributed by atoms with Crippen molar-refractivity contribution in [1.29, 1.82) is 0 Å². The highest BCUT2D eigenvalue weighted by Crippen LogP contribution is 2.20. The normalized spacial score (nSPS) is 15.1. The van der Waals surface area contributed by atoms with E-state index in [1.165, 1.54) is 6.21 Å². The van der Waals surface area contributed by atoms with E-state index in [2.05, 4.69) is 10.5 Å². The minimum Gasteiger partial charge on any atom is -0.339 e. The lowest BCUT2D eigenvalue weighted by Crippen LogP contribution is -2.42. The molecule has 2 aromatic rings. The SMILES string of the molecule is Cc1ccccc1C(=O)N1CCC(C(=O)N/N=C\c2ccccc2Cl)CC1. The van der Waals surface area contributed by atoms with Gasteiger partial charge in [-0.1, -0.05) is 48.0 Å². The largest absolute Gasteiger partial charge is 0.339 e. The number of hydrazone groups is 1. The van der Waals surface area contributed by atoms with Crippen molar-refractivity contribution >= 4 is 29.6 Å². The Balaban J connectivity index is 1.51. The number of rotatable bonds is 4. The summed E-state index contributed by atoms with van der Waals surface area (Å²) in [6.45, 7) is 3.07. The highest BCUT2D eigenvalue weighted by atomic mass is 35.5. The van der Waals surface area contributed by atoms with Gasteiger partial charge in [0.05, 0.1) is 6.21 Å². The zero-order valence-electron chi connectivity index (χ0n) is 15.2. The van der Waals surface area contributed by atoms with Crippen molar-refractivity contribution in [2.24, 2.45) is 11.0 Å². The van der Waals surface area contributed by atoms with Gasteiger partial charge >= 0.3 is 0 Å². The Hall–Kier alpha value is -2.66. The molecule has 1 aliphatic rings. The first-order chi connectivity index (χ1) is 13.1. The number of hydrogen-bond donors (Lipinski definition) is 1. The van der Waals surface area contributed by atoms with Gasteiger partial charge in [-0.25, -0.2) is 5.43 Å². The molecule has 140 valence electrons. The Morgan fingerprint density at radius 1 is 1.11 bits per heavy atom. The molecular weight excluding hydrogens is 362 g/mol. The average molecular weight is 384 g/mol. The Morgan fingerprint density at radius 3 is 2.48 bits per heavy atom. The van der Waals surface area contributed by atoms with Crippen molar-refractivity contribution in [1.82, 2.24) is 10.3 Å². The van der Waals surface area contributed by atoms with Crippen molar-refractivity contribution in [2.75, 3.05) is 13.1 Å². The summed E-state index contributed by atoms with van der Waals surface area (Å²) in [5.41, 5.74) is 5.03. The first-order valence-corrected chi connectivity index (χ1v) is 9.36. The second-order valence-electron chi connectivity index (χ2n) is 6.64. The van der Waals surface area contributed by atoms with Crippen molar-refractivity contribution in [3.63, 3.8) is 0 Å². The van der Waals surface area contributed by atoms with Gasteiger partial charge in [-0.15, -0.1) is 0 Å². The molecular formula is C21H22ClN3O2. The molecule has 1 N–H and O–H groups in total. The molecule has 3 rings (SSSR count). The number of amides is 2. The van der Waals surface area contributed by atoms with Gasteiger partial charge in [0.25, 0.3) is 5.91 Å². The van der Waals surface area contributed by atoms with Crippen LogP contribution in [0.25, 0.3) is 0 Å². The number of halogens is 1. The van der Waals surface area contributed by atoms with Crippen LogP contribution in [0.15, 0.2) is 53.6 Å². The summed E-state index contributed by atoms with van der Waals surface area (Å²) >= 11 is 6.05. The number of piperidine rings is 1. The van der Waals surface area contributed by atoms with Gasteiger partial charge in [0, 0.05) is 35.2 Å². The quantitative estimate of drug-likeness (QED) is 0.647. The first kappa shape index (κ1) is 19.1. The fourth-order valence-electron chi connectivity index (χ4n) is 3.16. The molecule has 1 fully saturated rings. The number of benzene rings is 2. The van der Waals surface area contributed by atoms with E-state index in [1.54, 1.807) is 6.07 Å². The maximum Gasteiger partial charge on any atom is 0.254 e. The third-order valence-electron chi connectivity index (χ3n) is 4.81. The third-order valence-corrected chi connectivity index (χ3v) is 5.16. The molecule has 0 radical (unpaired) electrons. The van der Waals surface area contributed by atoms with E-state index in [0.717, 1.165) is 16.7 Å². The molecule has 6 heteroatoms. The van der Waals surface area contributed by atoms with Crippen molar-refractivity contribution in [2.45, 2.75) is 19.8 Å². The molecule has 0 saturated carbocycles. The minimum absolute atomic E-state index is 0.0312. The summed E-state index contributed by atoms with van der Waals surface area (Å²) in [4.78, 5) is 26.8. The van der Waals surface area contributed by atoms with Crippen LogP contribution in [0.2, 0.25) is 5.02 Å². The Morgan fingerprint density at radius 2 is 1.78 bits per heavy atom. The summed E-state index contributed by atoms with van der Waals surface area (Å²) < 4.78 is 0. The van der Waals surface area contributed by atoms with Crippen LogP contribution in [0.1, 0.15) is 34.3 Å². The number of carbonyl (C=O) groups is 2. The van der Waals surface area contributed by atoms with Gasteiger partial charge in [0.2, 0.25) is 5.91 Å². The van der Waals surface area contributed by atoms with Gasteiger partial charge in [-0.05, 0) is 37.5 Å². The molecule has 0 unspecified atom stereocenters. The standard InChI is InChI=1S/C21H22ClN3O2/c1-15-6-2-4-8-18(15)21(27)25-12-10-16(11-13-25)20(26)24-23-14-17-7-3-5-9-19(17)22/h2-9,14,16H,10-13H2,1H3,(H,24,26)/b23-14-. The van der Waals surface area contributed by atoms with Gasteiger partial charge in [0.1, 0.15) is 0 Å². The van der Waals surface area contributed by atoms with Crippen LogP contribution in [0.4, 0.5) is 0 Å². The molecule has 27 heavy (non-hydrogen) atoms. The van der Waals surface area contributed by atoms with Crippen molar-refractivity contribution in [3.8, 4) is 0 Å². The number of nitrogens with one attached hydrogen (secondary N) is 1. The van der Waals surface area contributed by atoms with Gasteiger partial charge in [-0.2, -0.15) is 5.10 Å². The number of hydrogen-bond acceptors (Lipinski definition) is 3. The second-order valence-corrected chi connectivity index (χ2v) is 7.04. The molecule has 0 aromatic heterocycles. The first-order valence-electron chi connectivity index (χ1n) is 8.98. The summed E-state index contributed by atoms with van der Waals surface area (Å²) in [5, 5.41) is 4.58. The predicted molar refractivity (Wildman–Crippen MR) is 107 cm³/mol. The molecule has 0 bridgehead atoms. The van der Waals surface area contributed by atoms with Crippen LogP contribution in [0.5, 0.6) is 0 Å². The zero-order chi connectivity index (χ0) is 19.2. The highest BCUT2D eigenvalue weighted by Gasteiger charge is 2.28. The van der Waals surface area contributed by atoms with Crippen LogP contribution in [-0.2, 0) is 4.79 Å². The summed E-state index contributed by atoms with van der Waals surface area (Å²) in [7, 11) is 0. The van der Waals surface area contributed by atoms with Crippen LogP contribution in [-0.4, -0.2) is 36.0 Å². The number of aryl methyl sites for hydroxylation is 1. The fourth-order valence-corrected chi connectivity index (χ4v) is 3.35. The highest BCUT2D eigenvalue weighted by molar-refractivity contribution is 6.33. The van der Waals surface area contributed by atoms with Crippen LogP contribution in [0, 0.1) is 12.8 Å². The van der Waals surface area contributed by atoms with Crippen molar-refractivity contribution < 1.29 is 9.59 Å². The third kappa shape index (κ3) is 4.74. The average Bonchev–Trinajstić information content (AvgIpc) is 2.69. The molecule has 1 heterocycles. The lowest BCUT2D eigenvalue weighted by Gasteiger charge is -2.31. The monoisotopic (exact) mass is 383 g/mol. The Labute approximate surface area is 164 Å². The molecule has 0 aliphatic carbocycles. The van der Waals surface area contributed by atoms with E-state index in [1.807, 2.05) is 54.3 Å². The van der Waals surface area contributed by atoms with Gasteiger partial charge in [-0.3, -0.25) is 9.59 Å². The molecule has 0 spiro atoms. The zero-order valence-corrected chi connectivity index (χ0v) is 15.9. The van der Waals surface area contributed by atoms with E-state index >= 15 is 0 Å². The van der Waals surface area contributed by atoms with E-state index in [-0.39, 0.29) is 17.7 Å². The molecule has 5 nitrogen and oxygen atoms in total. The minimum atomic E-state index is -0.144. The smallest absolute Gasteiger partial charge is 0.254 e. The molecule has 1 saturated heterocycles. The number of nitrogens with zero attached hydrogens (tertiary/aromatic N) is 2. The molecule has 0 atom stereocenters. The molecule has 2 aromatic carbocycles. The van der Waals surface area contributed by atoms with E-state index in [4.69, 9.17) is 11.6 Å².